The Kier molecular flexibility index (Phi) is 8.29. The molecular weight excluding hydrogens is 540 g/mol. The van der Waals surface area contributed by atoms with Gasteiger partial charge in [-0.25, -0.2) is 24.5 Å². The zero-order valence-electron chi connectivity index (χ0n) is 23.6. The molecule has 0 spiro atoms. The number of thiazole rings is 1. The fraction of sp³-hybridized carbons (Fsp3) is 0.379. The molecule has 0 unspecified atom stereocenters. The van der Waals surface area contributed by atoms with Crippen molar-refractivity contribution in [2.24, 2.45) is 0 Å². The third-order valence-electron chi connectivity index (χ3n) is 6.46. The van der Waals surface area contributed by atoms with E-state index in [1.165, 1.54) is 11.3 Å². The summed E-state index contributed by atoms with van der Waals surface area (Å²) in [5.41, 5.74) is 3.72. The summed E-state index contributed by atoms with van der Waals surface area (Å²) in [6, 6.07) is 9.58. The van der Waals surface area contributed by atoms with E-state index in [1.807, 2.05) is 64.4 Å². The molecule has 214 valence electrons. The van der Waals surface area contributed by atoms with E-state index in [9.17, 15) is 9.59 Å². The lowest BCUT2D eigenvalue weighted by atomic mass is 10.0. The normalized spacial score (nSPS) is 14.1. The maximum atomic E-state index is 12.1. The molecule has 41 heavy (non-hydrogen) atoms. The molecule has 12 heteroatoms. The molecular formula is C29H34N8O3S. The van der Waals surface area contributed by atoms with E-state index in [2.05, 4.69) is 46.9 Å². The van der Waals surface area contributed by atoms with Crippen molar-refractivity contribution in [3.05, 3.63) is 48.9 Å². The Balaban J connectivity index is 1.34. The predicted octanol–water partition coefficient (Wildman–Crippen LogP) is 5.45. The molecule has 0 atom stereocenters. The summed E-state index contributed by atoms with van der Waals surface area (Å²) < 4.78 is 6.31. The van der Waals surface area contributed by atoms with Gasteiger partial charge in [-0.2, -0.15) is 0 Å². The largest absolute Gasteiger partial charge is 0.444 e. The average Bonchev–Trinajstić information content (AvgIpc) is 3.35. The number of ether oxygens (including phenoxy) is 1. The molecule has 4 aromatic rings. The number of benzene rings is 1. The van der Waals surface area contributed by atoms with Gasteiger partial charge >= 0.3 is 12.1 Å². The van der Waals surface area contributed by atoms with Gasteiger partial charge in [-0.15, -0.1) is 0 Å². The zero-order chi connectivity index (χ0) is 29.0. The Morgan fingerprint density at radius 2 is 1.83 bits per heavy atom. The number of hydrogen-bond donors (Lipinski definition) is 3. The molecule has 1 aliphatic rings. The highest BCUT2D eigenvalue weighted by Crippen LogP contribution is 2.38. The first-order valence-electron chi connectivity index (χ1n) is 13.7. The number of nitrogens with zero attached hydrogens (tertiary/aromatic N) is 5. The summed E-state index contributed by atoms with van der Waals surface area (Å²) >= 11 is 1.41. The minimum absolute atomic E-state index is 0.0580. The number of carbonyl (C=O) groups excluding carboxylic acids is 2. The molecule has 1 aromatic carbocycles. The van der Waals surface area contributed by atoms with Crippen LogP contribution in [0.3, 0.4) is 0 Å². The monoisotopic (exact) mass is 574 g/mol. The van der Waals surface area contributed by atoms with Gasteiger partial charge in [-0.05, 0) is 70.4 Å². The Bertz CT molecular complexity index is 1510. The van der Waals surface area contributed by atoms with Gasteiger partial charge in [0.1, 0.15) is 5.60 Å². The number of alkyl carbamates (subject to hydrolysis) is 1. The number of aromatic nitrogens is 4. The predicted molar refractivity (Wildman–Crippen MR) is 161 cm³/mol. The van der Waals surface area contributed by atoms with E-state index in [0.717, 1.165) is 58.5 Å². The number of hydrogen-bond acceptors (Lipinski definition) is 9. The maximum absolute atomic E-state index is 12.1. The van der Waals surface area contributed by atoms with Gasteiger partial charge < -0.3 is 20.3 Å². The highest BCUT2D eigenvalue weighted by Gasteiger charge is 2.25. The van der Waals surface area contributed by atoms with E-state index in [1.54, 1.807) is 6.20 Å². The van der Waals surface area contributed by atoms with Crippen molar-refractivity contribution in [2.75, 3.05) is 29.9 Å². The third-order valence-corrected chi connectivity index (χ3v) is 7.48. The SMILES string of the molecule is CCNC(=O)Nc1nc2cc(-c3cnc(N4CCC(NC(=O)OC(C)(C)C)CC4)nc3)cc(-c3ccccn3)c2s1. The number of rotatable bonds is 6. The van der Waals surface area contributed by atoms with Crippen LogP contribution in [-0.2, 0) is 4.74 Å². The third kappa shape index (κ3) is 7.07. The van der Waals surface area contributed by atoms with E-state index >= 15 is 0 Å². The fourth-order valence-corrected chi connectivity index (χ4v) is 5.56. The van der Waals surface area contributed by atoms with Gasteiger partial charge in [-0.1, -0.05) is 17.4 Å². The Hall–Kier alpha value is -4.32. The number of amides is 3. The summed E-state index contributed by atoms with van der Waals surface area (Å²) in [4.78, 5) is 44.9. The number of nitrogens with one attached hydrogen (secondary N) is 3. The quantitative estimate of drug-likeness (QED) is 0.277. The molecule has 5 rings (SSSR count). The average molecular weight is 575 g/mol. The second-order valence-corrected chi connectivity index (χ2v) is 11.8. The fourth-order valence-electron chi connectivity index (χ4n) is 4.60. The van der Waals surface area contributed by atoms with Crippen LogP contribution in [0.5, 0.6) is 0 Å². The van der Waals surface area contributed by atoms with Gasteiger partial charge in [0.25, 0.3) is 0 Å². The smallest absolute Gasteiger partial charge is 0.407 e. The molecule has 0 saturated carbocycles. The van der Waals surface area contributed by atoms with Gasteiger partial charge in [0, 0.05) is 55.4 Å². The lowest BCUT2D eigenvalue weighted by Gasteiger charge is -2.32. The highest BCUT2D eigenvalue weighted by atomic mass is 32.1. The molecule has 3 amide bonds. The maximum Gasteiger partial charge on any atom is 0.407 e. The van der Waals surface area contributed by atoms with Gasteiger partial charge in [0.2, 0.25) is 5.95 Å². The molecule has 4 heterocycles. The summed E-state index contributed by atoms with van der Waals surface area (Å²) in [5, 5.41) is 9.02. The molecule has 1 aliphatic heterocycles. The summed E-state index contributed by atoms with van der Waals surface area (Å²) in [7, 11) is 0. The van der Waals surface area contributed by atoms with Gasteiger partial charge in [-0.3, -0.25) is 10.3 Å². The summed E-state index contributed by atoms with van der Waals surface area (Å²) in [5.74, 6) is 0.651. The number of urea groups is 1. The van der Waals surface area contributed by atoms with Crippen LogP contribution in [0.15, 0.2) is 48.9 Å². The second kappa shape index (κ2) is 12.0. The van der Waals surface area contributed by atoms with Crippen LogP contribution in [0.1, 0.15) is 40.5 Å². The Labute approximate surface area is 242 Å². The second-order valence-electron chi connectivity index (χ2n) is 10.8. The molecule has 0 aliphatic carbocycles. The van der Waals surface area contributed by atoms with Crippen molar-refractivity contribution in [3.63, 3.8) is 0 Å². The minimum Gasteiger partial charge on any atom is -0.444 e. The van der Waals surface area contributed by atoms with Crippen LogP contribution in [0.4, 0.5) is 20.7 Å². The van der Waals surface area contributed by atoms with Crippen molar-refractivity contribution >= 4 is 44.8 Å². The molecule has 0 radical (unpaired) electrons. The molecule has 0 bridgehead atoms. The topological polar surface area (TPSA) is 134 Å². The Morgan fingerprint density at radius 1 is 1.07 bits per heavy atom. The van der Waals surface area contributed by atoms with Crippen LogP contribution < -0.4 is 20.9 Å². The van der Waals surface area contributed by atoms with Crippen molar-refractivity contribution in [1.29, 1.82) is 0 Å². The van der Waals surface area contributed by atoms with E-state index in [-0.39, 0.29) is 18.2 Å². The molecule has 1 saturated heterocycles. The first kappa shape index (κ1) is 28.2. The van der Waals surface area contributed by atoms with Gasteiger partial charge in [0.05, 0.1) is 15.9 Å². The van der Waals surface area contributed by atoms with E-state index in [4.69, 9.17) is 4.74 Å². The van der Waals surface area contributed by atoms with Crippen molar-refractivity contribution < 1.29 is 14.3 Å². The lowest BCUT2D eigenvalue weighted by Crippen LogP contribution is -2.46. The van der Waals surface area contributed by atoms with Crippen molar-refractivity contribution in [2.45, 2.75) is 52.2 Å². The van der Waals surface area contributed by atoms with Crippen molar-refractivity contribution in [3.8, 4) is 22.4 Å². The standard InChI is InChI=1S/C29H34N8O3S/c1-5-30-26(38)36-27-35-23-15-18(14-21(24(23)41-27)22-8-6-7-11-31-22)19-16-32-25(33-17-19)37-12-9-20(10-13-37)34-28(39)40-29(2,3)4/h6-8,11,14-17,20H,5,9-10,12-13H2,1-4H3,(H,34,39)(H2,30,35,36,38). The van der Waals surface area contributed by atoms with Crippen LogP contribution in [0, 0.1) is 0 Å². The molecule has 11 nitrogen and oxygen atoms in total. The summed E-state index contributed by atoms with van der Waals surface area (Å²) in [6.45, 7) is 9.42. The van der Waals surface area contributed by atoms with Crippen LogP contribution >= 0.6 is 11.3 Å². The number of piperidine rings is 1. The highest BCUT2D eigenvalue weighted by molar-refractivity contribution is 7.22. The zero-order valence-corrected chi connectivity index (χ0v) is 24.4. The first-order valence-corrected chi connectivity index (χ1v) is 14.5. The summed E-state index contributed by atoms with van der Waals surface area (Å²) in [6.07, 6.45) is 6.57. The molecule has 3 N–H and O–H groups in total. The molecule has 3 aromatic heterocycles. The number of pyridine rings is 1. The van der Waals surface area contributed by atoms with E-state index in [0.29, 0.717) is 17.6 Å². The van der Waals surface area contributed by atoms with Gasteiger partial charge in [0.15, 0.2) is 5.13 Å². The number of carbonyl (C=O) groups is 2. The van der Waals surface area contributed by atoms with Crippen LogP contribution in [0.2, 0.25) is 0 Å². The van der Waals surface area contributed by atoms with Crippen molar-refractivity contribution in [1.82, 2.24) is 30.6 Å². The molecule has 1 fully saturated rings. The number of anilines is 2. The van der Waals surface area contributed by atoms with Crippen LogP contribution in [0.25, 0.3) is 32.6 Å². The number of fused-ring (bicyclic) bond motifs is 1. The lowest BCUT2D eigenvalue weighted by molar-refractivity contribution is 0.0497. The minimum atomic E-state index is -0.521. The van der Waals surface area contributed by atoms with E-state index < -0.39 is 5.60 Å². The van der Waals surface area contributed by atoms with Crippen LogP contribution in [-0.4, -0.2) is 63.3 Å². The first-order chi connectivity index (χ1) is 19.7. The Morgan fingerprint density at radius 3 is 2.49 bits per heavy atom.